The van der Waals surface area contributed by atoms with Gasteiger partial charge in [-0.1, -0.05) is 30.3 Å². The second-order valence-corrected chi connectivity index (χ2v) is 4.69. The van der Waals surface area contributed by atoms with E-state index in [2.05, 4.69) is 25.4 Å². The van der Waals surface area contributed by atoms with Gasteiger partial charge in [-0.25, -0.2) is 0 Å². The SMILES string of the molecule is c1ccc(-c2nnc(-c3ccc4[nH]ccc4c3)nn2)cc1. The number of hydrogen-bond donors (Lipinski definition) is 1. The van der Waals surface area contributed by atoms with Gasteiger partial charge in [0.05, 0.1) is 0 Å². The normalized spacial score (nSPS) is 10.9. The Labute approximate surface area is 120 Å². The molecule has 21 heavy (non-hydrogen) atoms. The molecule has 5 heteroatoms. The highest BCUT2D eigenvalue weighted by atomic mass is 15.3. The van der Waals surface area contributed by atoms with Crippen LogP contribution in [0.4, 0.5) is 0 Å². The van der Waals surface area contributed by atoms with Crippen LogP contribution in [0.3, 0.4) is 0 Å². The van der Waals surface area contributed by atoms with Gasteiger partial charge in [0.25, 0.3) is 0 Å². The Balaban J connectivity index is 1.72. The van der Waals surface area contributed by atoms with Gasteiger partial charge in [-0.15, -0.1) is 20.4 Å². The summed E-state index contributed by atoms with van der Waals surface area (Å²) in [6.07, 6.45) is 1.91. The Hall–Kier alpha value is -3.08. The predicted octanol–water partition coefficient (Wildman–Crippen LogP) is 3.08. The van der Waals surface area contributed by atoms with Gasteiger partial charge in [-0.3, -0.25) is 0 Å². The molecule has 1 N–H and O–H groups in total. The van der Waals surface area contributed by atoms with Crippen molar-refractivity contribution in [1.82, 2.24) is 25.4 Å². The molecule has 0 spiro atoms. The molecule has 0 amide bonds. The maximum absolute atomic E-state index is 4.18. The summed E-state index contributed by atoms with van der Waals surface area (Å²) < 4.78 is 0. The van der Waals surface area contributed by atoms with Crippen LogP contribution < -0.4 is 0 Å². The zero-order valence-corrected chi connectivity index (χ0v) is 11.1. The fourth-order valence-electron chi connectivity index (χ4n) is 2.24. The van der Waals surface area contributed by atoms with Gasteiger partial charge < -0.3 is 4.98 Å². The first-order chi connectivity index (χ1) is 10.4. The van der Waals surface area contributed by atoms with Crippen LogP contribution in [0.1, 0.15) is 0 Å². The largest absolute Gasteiger partial charge is 0.361 e. The van der Waals surface area contributed by atoms with Gasteiger partial charge in [0, 0.05) is 28.2 Å². The van der Waals surface area contributed by atoms with Crippen molar-refractivity contribution in [2.75, 3.05) is 0 Å². The van der Waals surface area contributed by atoms with E-state index in [0.717, 1.165) is 22.0 Å². The molecule has 0 atom stereocenters. The minimum absolute atomic E-state index is 0.526. The number of nitrogens with one attached hydrogen (secondary N) is 1. The molecule has 4 rings (SSSR count). The Morgan fingerprint density at radius 1 is 0.667 bits per heavy atom. The summed E-state index contributed by atoms with van der Waals surface area (Å²) in [6.45, 7) is 0. The van der Waals surface area contributed by atoms with Crippen molar-refractivity contribution in [2.24, 2.45) is 0 Å². The Morgan fingerprint density at radius 2 is 1.38 bits per heavy atom. The maximum Gasteiger partial charge on any atom is 0.203 e. The molecule has 2 heterocycles. The lowest BCUT2D eigenvalue weighted by molar-refractivity contribution is 0.876. The van der Waals surface area contributed by atoms with Gasteiger partial charge in [-0.2, -0.15) is 0 Å². The minimum Gasteiger partial charge on any atom is -0.361 e. The number of aromatic nitrogens is 5. The first-order valence-corrected chi connectivity index (χ1v) is 6.60. The summed E-state index contributed by atoms with van der Waals surface area (Å²) in [5, 5.41) is 17.8. The Morgan fingerprint density at radius 3 is 2.14 bits per heavy atom. The van der Waals surface area contributed by atoms with Crippen LogP contribution in [0.5, 0.6) is 0 Å². The molecule has 2 aromatic heterocycles. The van der Waals surface area contributed by atoms with Crippen LogP contribution >= 0.6 is 0 Å². The van der Waals surface area contributed by atoms with E-state index in [4.69, 9.17) is 0 Å². The van der Waals surface area contributed by atoms with E-state index in [1.165, 1.54) is 0 Å². The number of fused-ring (bicyclic) bond motifs is 1. The van der Waals surface area contributed by atoms with Gasteiger partial charge >= 0.3 is 0 Å². The van der Waals surface area contributed by atoms with E-state index in [-0.39, 0.29) is 0 Å². The number of nitrogens with zero attached hydrogens (tertiary/aromatic N) is 4. The van der Waals surface area contributed by atoms with E-state index in [0.29, 0.717) is 11.6 Å². The first kappa shape index (κ1) is 11.7. The van der Waals surface area contributed by atoms with Crippen molar-refractivity contribution in [3.8, 4) is 22.8 Å². The van der Waals surface area contributed by atoms with E-state index in [9.17, 15) is 0 Å². The second-order valence-electron chi connectivity index (χ2n) is 4.69. The highest BCUT2D eigenvalue weighted by Gasteiger charge is 2.07. The molecule has 0 fully saturated rings. The van der Waals surface area contributed by atoms with Crippen molar-refractivity contribution < 1.29 is 0 Å². The van der Waals surface area contributed by atoms with E-state index < -0.39 is 0 Å². The van der Waals surface area contributed by atoms with E-state index >= 15 is 0 Å². The standard InChI is InChI=1S/C16H11N5/c1-2-4-11(5-3-1)15-18-20-16(21-19-15)13-6-7-14-12(10-13)8-9-17-14/h1-10,17H. The smallest absolute Gasteiger partial charge is 0.203 e. The molecular weight excluding hydrogens is 262 g/mol. The van der Waals surface area contributed by atoms with Crippen molar-refractivity contribution >= 4 is 10.9 Å². The van der Waals surface area contributed by atoms with Crippen molar-refractivity contribution in [1.29, 1.82) is 0 Å². The minimum atomic E-state index is 0.526. The average molecular weight is 273 g/mol. The fourth-order valence-corrected chi connectivity index (χ4v) is 2.24. The molecular formula is C16H11N5. The lowest BCUT2D eigenvalue weighted by atomic mass is 10.1. The van der Waals surface area contributed by atoms with Gasteiger partial charge in [0.1, 0.15) is 0 Å². The molecule has 0 bridgehead atoms. The van der Waals surface area contributed by atoms with Crippen LogP contribution in [0.15, 0.2) is 60.8 Å². The number of benzene rings is 2. The lowest BCUT2D eigenvalue weighted by Crippen LogP contribution is -1.99. The van der Waals surface area contributed by atoms with Gasteiger partial charge in [0.2, 0.25) is 11.6 Å². The number of H-pyrrole nitrogens is 1. The molecule has 0 unspecified atom stereocenters. The molecule has 0 radical (unpaired) electrons. The van der Waals surface area contributed by atoms with Crippen molar-refractivity contribution in [2.45, 2.75) is 0 Å². The number of rotatable bonds is 2. The zero-order valence-electron chi connectivity index (χ0n) is 11.1. The molecule has 2 aromatic carbocycles. The van der Waals surface area contributed by atoms with Crippen LogP contribution in [-0.4, -0.2) is 25.4 Å². The fraction of sp³-hybridized carbons (Fsp3) is 0. The van der Waals surface area contributed by atoms with Gasteiger partial charge in [-0.05, 0) is 24.3 Å². The molecule has 0 aliphatic heterocycles. The third-order valence-electron chi connectivity index (χ3n) is 3.32. The van der Waals surface area contributed by atoms with E-state index in [1.54, 1.807) is 0 Å². The summed E-state index contributed by atoms with van der Waals surface area (Å²) >= 11 is 0. The highest BCUT2D eigenvalue weighted by molar-refractivity contribution is 5.83. The molecule has 0 aliphatic rings. The van der Waals surface area contributed by atoms with Gasteiger partial charge in [0.15, 0.2) is 0 Å². The van der Waals surface area contributed by atoms with Crippen LogP contribution in [0.2, 0.25) is 0 Å². The number of aromatic amines is 1. The Kier molecular flexibility index (Phi) is 2.67. The summed E-state index contributed by atoms with van der Waals surface area (Å²) in [6, 6.07) is 17.7. The summed E-state index contributed by atoms with van der Waals surface area (Å²) in [7, 11) is 0. The molecule has 0 saturated heterocycles. The molecule has 0 saturated carbocycles. The quantitative estimate of drug-likeness (QED) is 0.609. The molecule has 0 aliphatic carbocycles. The van der Waals surface area contributed by atoms with Crippen LogP contribution in [-0.2, 0) is 0 Å². The van der Waals surface area contributed by atoms with E-state index in [1.807, 2.05) is 60.8 Å². The highest BCUT2D eigenvalue weighted by Crippen LogP contribution is 2.21. The summed E-state index contributed by atoms with van der Waals surface area (Å²) in [5.74, 6) is 1.06. The predicted molar refractivity (Wildman–Crippen MR) is 80.4 cm³/mol. The molecule has 100 valence electrons. The maximum atomic E-state index is 4.18. The summed E-state index contributed by atoms with van der Waals surface area (Å²) in [4.78, 5) is 3.16. The first-order valence-electron chi connectivity index (χ1n) is 6.60. The monoisotopic (exact) mass is 273 g/mol. The van der Waals surface area contributed by atoms with Crippen LogP contribution in [0, 0.1) is 0 Å². The zero-order chi connectivity index (χ0) is 14.1. The molecule has 5 nitrogen and oxygen atoms in total. The topological polar surface area (TPSA) is 67.3 Å². The lowest BCUT2D eigenvalue weighted by Gasteiger charge is -2.01. The van der Waals surface area contributed by atoms with Crippen LogP contribution in [0.25, 0.3) is 33.7 Å². The second kappa shape index (κ2) is 4.79. The molecule has 4 aromatic rings. The van der Waals surface area contributed by atoms with Crippen molar-refractivity contribution in [3.05, 3.63) is 60.8 Å². The Bertz CT molecular complexity index is 881. The number of hydrogen-bond acceptors (Lipinski definition) is 4. The van der Waals surface area contributed by atoms with Crippen molar-refractivity contribution in [3.63, 3.8) is 0 Å². The summed E-state index contributed by atoms with van der Waals surface area (Å²) in [5.41, 5.74) is 2.90. The third-order valence-corrected chi connectivity index (χ3v) is 3.32. The average Bonchev–Trinajstić information content (AvgIpc) is 3.03. The third kappa shape index (κ3) is 2.14.